The van der Waals surface area contributed by atoms with Gasteiger partial charge in [-0.1, -0.05) is 48.0 Å². The van der Waals surface area contributed by atoms with Crippen molar-refractivity contribution in [2.24, 2.45) is 5.41 Å². The van der Waals surface area contributed by atoms with E-state index in [1.54, 1.807) is 12.3 Å². The van der Waals surface area contributed by atoms with Gasteiger partial charge in [-0.2, -0.15) is 0 Å². The molecule has 0 spiro atoms. The van der Waals surface area contributed by atoms with E-state index in [0.29, 0.717) is 23.4 Å². The first-order valence-electron chi connectivity index (χ1n) is 10.4. The van der Waals surface area contributed by atoms with Crippen molar-refractivity contribution in [3.63, 3.8) is 0 Å². The van der Waals surface area contributed by atoms with Crippen LogP contribution in [0.25, 0.3) is 0 Å². The number of carbonyl (C=O) groups is 2. The highest BCUT2D eigenvalue weighted by Crippen LogP contribution is 2.46. The second-order valence-electron chi connectivity index (χ2n) is 9.16. The Morgan fingerprint density at radius 2 is 1.84 bits per heavy atom. The number of dihydropyridines is 1. The third kappa shape index (κ3) is 4.35. The third-order valence-corrected chi connectivity index (χ3v) is 6.37. The summed E-state index contributed by atoms with van der Waals surface area (Å²) in [6.45, 7) is 8.06. The molecular weight excluding hydrogens is 454 g/mol. The third-order valence-electron chi connectivity index (χ3n) is 5.84. The van der Waals surface area contributed by atoms with Gasteiger partial charge in [-0.3, -0.25) is 9.59 Å². The average molecular weight is 480 g/mol. The molecule has 2 heterocycles. The second kappa shape index (κ2) is 8.08. The van der Waals surface area contributed by atoms with Crippen LogP contribution in [-0.4, -0.2) is 16.7 Å². The van der Waals surface area contributed by atoms with E-state index < -0.39 is 5.92 Å². The molecule has 2 aliphatic rings. The number of allylic oxidation sites excluding steroid dienone is 3. The maximum atomic E-state index is 13.4. The highest BCUT2D eigenvalue weighted by atomic mass is 79.9. The number of ketones is 1. The number of halogens is 1. The summed E-state index contributed by atoms with van der Waals surface area (Å²) >= 11 is 3.48. The SMILES string of the molecule is CC1=C(C(=O)Nc2ccc(C)cn2)C(c2ccc(Br)cc2)C2=C(CC(C)(C)CC2=O)N1. The lowest BCUT2D eigenvalue weighted by Crippen LogP contribution is -2.39. The summed E-state index contributed by atoms with van der Waals surface area (Å²) in [5, 5.41) is 6.31. The van der Waals surface area contributed by atoms with Crippen LogP contribution in [0.15, 0.2) is 69.6 Å². The number of pyridine rings is 1. The van der Waals surface area contributed by atoms with Crippen LogP contribution in [0.5, 0.6) is 0 Å². The van der Waals surface area contributed by atoms with E-state index in [0.717, 1.165) is 33.4 Å². The van der Waals surface area contributed by atoms with Crippen molar-refractivity contribution in [3.05, 3.63) is 80.7 Å². The number of hydrogen-bond donors (Lipinski definition) is 2. The van der Waals surface area contributed by atoms with Crippen molar-refractivity contribution in [1.82, 2.24) is 10.3 Å². The Kier molecular flexibility index (Phi) is 5.60. The highest BCUT2D eigenvalue weighted by Gasteiger charge is 2.42. The molecule has 2 aromatic rings. The zero-order valence-electron chi connectivity index (χ0n) is 18.2. The van der Waals surface area contributed by atoms with Crippen molar-refractivity contribution >= 4 is 33.4 Å². The molecule has 4 rings (SSSR count). The Bertz CT molecular complexity index is 1110. The Labute approximate surface area is 191 Å². The summed E-state index contributed by atoms with van der Waals surface area (Å²) in [5.74, 6) is -0.0869. The van der Waals surface area contributed by atoms with Gasteiger partial charge >= 0.3 is 0 Å². The first-order chi connectivity index (χ1) is 14.6. The molecule has 0 saturated carbocycles. The van der Waals surface area contributed by atoms with Crippen LogP contribution in [0.3, 0.4) is 0 Å². The molecule has 1 unspecified atom stereocenters. The summed E-state index contributed by atoms with van der Waals surface area (Å²) in [5.41, 5.74) is 4.78. The smallest absolute Gasteiger partial charge is 0.255 e. The first kappa shape index (κ1) is 21.5. The highest BCUT2D eigenvalue weighted by molar-refractivity contribution is 9.10. The van der Waals surface area contributed by atoms with Gasteiger partial charge in [0.15, 0.2) is 5.78 Å². The van der Waals surface area contributed by atoms with Gasteiger partial charge in [-0.05, 0) is 55.0 Å². The van der Waals surface area contributed by atoms with Crippen LogP contribution in [0, 0.1) is 12.3 Å². The lowest BCUT2D eigenvalue weighted by molar-refractivity contribution is -0.118. The van der Waals surface area contributed by atoms with Gasteiger partial charge in [0.25, 0.3) is 5.91 Å². The van der Waals surface area contributed by atoms with Crippen LogP contribution in [0.2, 0.25) is 0 Å². The van der Waals surface area contributed by atoms with Crippen molar-refractivity contribution in [1.29, 1.82) is 0 Å². The molecule has 1 aromatic carbocycles. The van der Waals surface area contributed by atoms with Crippen molar-refractivity contribution in [3.8, 4) is 0 Å². The number of carbonyl (C=O) groups excluding carboxylic acids is 2. The molecule has 1 aromatic heterocycles. The molecule has 1 atom stereocenters. The van der Waals surface area contributed by atoms with Crippen LogP contribution in [0.1, 0.15) is 50.7 Å². The molecule has 160 valence electrons. The van der Waals surface area contributed by atoms with Gasteiger partial charge in [0.1, 0.15) is 5.82 Å². The van der Waals surface area contributed by atoms with E-state index in [2.05, 4.69) is 45.4 Å². The van der Waals surface area contributed by atoms with Crippen LogP contribution < -0.4 is 10.6 Å². The number of anilines is 1. The van der Waals surface area contributed by atoms with Crippen molar-refractivity contribution in [2.75, 3.05) is 5.32 Å². The zero-order valence-corrected chi connectivity index (χ0v) is 19.8. The minimum atomic E-state index is -0.418. The molecule has 2 N–H and O–H groups in total. The minimum absolute atomic E-state index is 0.0953. The monoisotopic (exact) mass is 479 g/mol. The maximum Gasteiger partial charge on any atom is 0.255 e. The number of aryl methyl sites for hydroxylation is 1. The average Bonchev–Trinajstić information content (AvgIpc) is 2.68. The quantitative estimate of drug-likeness (QED) is 0.618. The van der Waals surface area contributed by atoms with Gasteiger partial charge in [0.05, 0.1) is 0 Å². The number of rotatable bonds is 3. The Balaban J connectivity index is 1.79. The molecule has 0 fully saturated rings. The second-order valence-corrected chi connectivity index (χ2v) is 10.1. The zero-order chi connectivity index (χ0) is 22.3. The van der Waals surface area contributed by atoms with Gasteiger partial charge < -0.3 is 10.6 Å². The lowest BCUT2D eigenvalue weighted by atomic mass is 9.68. The summed E-state index contributed by atoms with van der Waals surface area (Å²) < 4.78 is 0.950. The van der Waals surface area contributed by atoms with Crippen LogP contribution in [-0.2, 0) is 9.59 Å². The molecule has 1 aliphatic carbocycles. The van der Waals surface area contributed by atoms with E-state index >= 15 is 0 Å². The fourth-order valence-electron chi connectivity index (χ4n) is 4.45. The fraction of sp³-hybridized carbons (Fsp3) is 0.320. The fourth-order valence-corrected chi connectivity index (χ4v) is 4.72. The van der Waals surface area contributed by atoms with Gasteiger partial charge in [0, 0.05) is 45.5 Å². The molecule has 5 nitrogen and oxygen atoms in total. The van der Waals surface area contributed by atoms with Crippen LogP contribution in [0.4, 0.5) is 5.82 Å². The Hall–Kier alpha value is -2.73. The normalized spacial score (nSPS) is 20.3. The van der Waals surface area contributed by atoms with Gasteiger partial charge in [-0.25, -0.2) is 4.98 Å². The minimum Gasteiger partial charge on any atom is -0.362 e. The summed E-state index contributed by atoms with van der Waals surface area (Å²) in [6, 6.07) is 11.5. The molecule has 6 heteroatoms. The number of aromatic nitrogens is 1. The molecule has 31 heavy (non-hydrogen) atoms. The van der Waals surface area contributed by atoms with Crippen molar-refractivity contribution in [2.45, 2.75) is 46.5 Å². The molecule has 0 saturated heterocycles. The first-order valence-corrected chi connectivity index (χ1v) is 11.2. The maximum absolute atomic E-state index is 13.4. The van der Waals surface area contributed by atoms with Gasteiger partial charge in [-0.15, -0.1) is 0 Å². The van der Waals surface area contributed by atoms with E-state index in [1.807, 2.05) is 44.2 Å². The molecule has 0 bridgehead atoms. The summed E-state index contributed by atoms with van der Waals surface area (Å²) in [7, 11) is 0. The van der Waals surface area contributed by atoms with E-state index in [9.17, 15) is 9.59 Å². The molecular formula is C25H26BrN3O2. The predicted molar refractivity (Wildman–Crippen MR) is 125 cm³/mol. The Morgan fingerprint density at radius 1 is 1.13 bits per heavy atom. The number of nitrogens with one attached hydrogen (secondary N) is 2. The standard InChI is InChI=1S/C25H26BrN3O2/c1-14-5-10-20(27-13-14)29-24(31)21-15(2)28-18-11-25(3,4)12-19(30)23(18)22(21)16-6-8-17(26)9-7-16/h5-10,13,22,28H,11-12H2,1-4H3,(H,27,29,31). The van der Waals surface area contributed by atoms with E-state index in [-0.39, 0.29) is 17.1 Å². The molecule has 1 amide bonds. The number of amides is 1. The number of Topliss-reactive ketones (excluding diaryl/α,β-unsaturated/α-hetero) is 1. The number of nitrogens with zero attached hydrogens (tertiary/aromatic N) is 1. The Morgan fingerprint density at radius 3 is 2.48 bits per heavy atom. The predicted octanol–water partition coefficient (Wildman–Crippen LogP) is 5.40. The largest absolute Gasteiger partial charge is 0.362 e. The molecule has 0 radical (unpaired) electrons. The van der Waals surface area contributed by atoms with E-state index in [4.69, 9.17) is 0 Å². The lowest BCUT2D eigenvalue weighted by Gasteiger charge is -2.39. The van der Waals surface area contributed by atoms with E-state index in [1.165, 1.54) is 0 Å². The summed E-state index contributed by atoms with van der Waals surface area (Å²) in [4.78, 5) is 31.0. The van der Waals surface area contributed by atoms with Crippen molar-refractivity contribution < 1.29 is 9.59 Å². The molecule has 1 aliphatic heterocycles. The number of hydrogen-bond acceptors (Lipinski definition) is 4. The number of benzene rings is 1. The van der Waals surface area contributed by atoms with Gasteiger partial charge in [0.2, 0.25) is 0 Å². The summed E-state index contributed by atoms with van der Waals surface area (Å²) in [6.07, 6.45) is 2.95. The topological polar surface area (TPSA) is 71.1 Å². The van der Waals surface area contributed by atoms with Crippen LogP contribution >= 0.6 is 15.9 Å².